The highest BCUT2D eigenvalue weighted by atomic mass is 19.4. The van der Waals surface area contributed by atoms with Gasteiger partial charge in [-0.3, -0.25) is 9.79 Å². The summed E-state index contributed by atoms with van der Waals surface area (Å²) in [4.78, 5) is 18.6. The van der Waals surface area contributed by atoms with Crippen LogP contribution in [0.5, 0.6) is 0 Å². The Morgan fingerprint density at radius 3 is 2.70 bits per heavy atom. The fourth-order valence-electron chi connectivity index (χ4n) is 2.84. The number of piperidine rings is 1. The lowest BCUT2D eigenvalue weighted by Crippen LogP contribution is -2.47. The summed E-state index contributed by atoms with van der Waals surface area (Å²) in [5, 5.41) is 2.49. The van der Waals surface area contributed by atoms with Crippen molar-refractivity contribution >= 4 is 17.6 Å². The number of benzene rings is 1. The molecule has 1 saturated heterocycles. The van der Waals surface area contributed by atoms with E-state index in [2.05, 4.69) is 10.3 Å². The van der Waals surface area contributed by atoms with Crippen molar-refractivity contribution in [2.45, 2.75) is 32.9 Å². The molecule has 5 nitrogen and oxygen atoms in total. The van der Waals surface area contributed by atoms with Crippen LogP contribution in [-0.4, -0.2) is 36.4 Å². The maximum absolute atomic E-state index is 13.6. The molecule has 1 aliphatic rings. The molecule has 1 fully saturated rings. The van der Waals surface area contributed by atoms with Crippen molar-refractivity contribution in [1.82, 2.24) is 4.90 Å². The minimum Gasteiger partial charge on any atom is -0.370 e. The van der Waals surface area contributed by atoms with Crippen LogP contribution in [0.3, 0.4) is 0 Å². The summed E-state index contributed by atoms with van der Waals surface area (Å²) in [7, 11) is 0. The molecule has 9 heteroatoms. The molecule has 2 rings (SSSR count). The van der Waals surface area contributed by atoms with Crippen molar-refractivity contribution in [1.29, 1.82) is 0 Å². The number of aliphatic imine (C=N–C) groups is 1. The van der Waals surface area contributed by atoms with Gasteiger partial charge in [0.05, 0.1) is 11.5 Å². The molecule has 150 valence electrons. The Balaban J connectivity index is 2.01. The first kappa shape index (κ1) is 21.0. The molecule has 3 N–H and O–H groups in total. The fraction of sp³-hybridized carbons (Fsp3) is 0.556. The topological polar surface area (TPSA) is 70.7 Å². The molecule has 1 heterocycles. The zero-order valence-electron chi connectivity index (χ0n) is 15.3. The van der Waals surface area contributed by atoms with Gasteiger partial charge in [-0.1, -0.05) is 13.8 Å². The van der Waals surface area contributed by atoms with Gasteiger partial charge < -0.3 is 16.0 Å². The van der Waals surface area contributed by atoms with E-state index in [1.54, 1.807) is 0 Å². The van der Waals surface area contributed by atoms with Crippen molar-refractivity contribution in [3.8, 4) is 0 Å². The molecule has 27 heavy (non-hydrogen) atoms. The second kappa shape index (κ2) is 8.58. The van der Waals surface area contributed by atoms with Crippen LogP contribution in [0, 0.1) is 17.7 Å². The maximum atomic E-state index is 13.6. The molecule has 1 amide bonds. The van der Waals surface area contributed by atoms with E-state index < -0.39 is 23.5 Å². The van der Waals surface area contributed by atoms with Gasteiger partial charge in [-0.15, -0.1) is 0 Å². The van der Waals surface area contributed by atoms with Crippen molar-refractivity contribution in [3.63, 3.8) is 0 Å². The standard InChI is InChI=1S/C18H24F4N4O/c1-11(2)9-24-17(23)26-7-3-4-12(10-26)16(27)25-13-5-6-14(15(19)8-13)18(20,21)22/h5-6,8,11-12H,3-4,7,9-10H2,1-2H3,(H2,23,24)(H,25,27)/t12-/m0/s1. The fourth-order valence-corrected chi connectivity index (χ4v) is 2.84. The normalized spacial score (nSPS) is 18.7. The number of anilines is 1. The van der Waals surface area contributed by atoms with E-state index in [9.17, 15) is 22.4 Å². The van der Waals surface area contributed by atoms with Crippen LogP contribution < -0.4 is 11.1 Å². The largest absolute Gasteiger partial charge is 0.419 e. The van der Waals surface area contributed by atoms with E-state index in [-0.39, 0.29) is 11.6 Å². The summed E-state index contributed by atoms with van der Waals surface area (Å²) >= 11 is 0. The Hall–Kier alpha value is -2.32. The summed E-state index contributed by atoms with van der Waals surface area (Å²) < 4.78 is 51.5. The minimum atomic E-state index is -4.77. The van der Waals surface area contributed by atoms with Gasteiger partial charge in [0.2, 0.25) is 5.91 Å². The van der Waals surface area contributed by atoms with Crippen molar-refractivity contribution in [2.24, 2.45) is 22.6 Å². The van der Waals surface area contributed by atoms with E-state index in [4.69, 9.17) is 5.73 Å². The van der Waals surface area contributed by atoms with E-state index in [0.717, 1.165) is 12.5 Å². The number of hydrogen-bond donors (Lipinski definition) is 2. The number of rotatable bonds is 4. The molecule has 0 unspecified atom stereocenters. The van der Waals surface area contributed by atoms with Crippen LogP contribution in [0.25, 0.3) is 0 Å². The van der Waals surface area contributed by atoms with E-state index in [0.29, 0.717) is 50.1 Å². The average molecular weight is 388 g/mol. The second-order valence-corrected chi connectivity index (χ2v) is 7.06. The number of likely N-dealkylation sites (tertiary alicyclic amines) is 1. The number of nitrogens with two attached hydrogens (primary N) is 1. The molecule has 0 aromatic heterocycles. The monoisotopic (exact) mass is 388 g/mol. The predicted molar refractivity (Wildman–Crippen MR) is 95.7 cm³/mol. The number of carbonyl (C=O) groups is 1. The Bertz CT molecular complexity index is 703. The number of halogens is 4. The number of guanidine groups is 1. The lowest BCUT2D eigenvalue weighted by molar-refractivity contribution is -0.140. The molecule has 0 saturated carbocycles. The van der Waals surface area contributed by atoms with Crippen LogP contribution in [-0.2, 0) is 11.0 Å². The molecule has 1 atom stereocenters. The lowest BCUT2D eigenvalue weighted by Gasteiger charge is -2.32. The Kier molecular flexibility index (Phi) is 6.67. The predicted octanol–water partition coefficient (Wildman–Crippen LogP) is 3.47. The third kappa shape index (κ3) is 5.83. The third-order valence-electron chi connectivity index (χ3n) is 4.28. The van der Waals surface area contributed by atoms with Crippen LogP contribution in [0.15, 0.2) is 23.2 Å². The molecule has 1 aromatic carbocycles. The highest BCUT2D eigenvalue weighted by Gasteiger charge is 2.34. The van der Waals surface area contributed by atoms with Crippen LogP contribution in [0.2, 0.25) is 0 Å². The molecule has 0 spiro atoms. The summed E-state index contributed by atoms with van der Waals surface area (Å²) in [6.45, 7) is 5.68. The quantitative estimate of drug-likeness (QED) is 0.471. The highest BCUT2D eigenvalue weighted by Crippen LogP contribution is 2.32. The SMILES string of the molecule is CC(C)CN=C(N)N1CCC[C@H](C(=O)Nc2ccc(C(F)(F)F)c(F)c2)C1. The first-order chi connectivity index (χ1) is 12.6. The summed E-state index contributed by atoms with van der Waals surface area (Å²) in [5.74, 6) is -1.47. The third-order valence-corrected chi connectivity index (χ3v) is 4.28. The lowest BCUT2D eigenvalue weighted by atomic mass is 9.97. The number of hydrogen-bond acceptors (Lipinski definition) is 2. The van der Waals surface area contributed by atoms with Gasteiger partial charge in [0.1, 0.15) is 5.82 Å². The van der Waals surface area contributed by atoms with Crippen molar-refractivity contribution in [2.75, 3.05) is 25.0 Å². The summed E-state index contributed by atoms with van der Waals surface area (Å²) in [6, 6.07) is 2.34. The van der Waals surface area contributed by atoms with Crippen molar-refractivity contribution in [3.05, 3.63) is 29.6 Å². The Labute approximate surface area is 155 Å². The zero-order valence-corrected chi connectivity index (χ0v) is 15.3. The molecule has 0 bridgehead atoms. The number of nitrogens with zero attached hydrogens (tertiary/aromatic N) is 2. The number of alkyl halides is 3. The van der Waals surface area contributed by atoms with Gasteiger partial charge in [0.25, 0.3) is 0 Å². The van der Waals surface area contributed by atoms with Gasteiger partial charge in [-0.25, -0.2) is 4.39 Å². The van der Waals surface area contributed by atoms with Crippen LogP contribution >= 0.6 is 0 Å². The molecular weight excluding hydrogens is 364 g/mol. The average Bonchev–Trinajstić information content (AvgIpc) is 2.58. The molecule has 0 radical (unpaired) electrons. The Morgan fingerprint density at radius 1 is 1.41 bits per heavy atom. The zero-order chi connectivity index (χ0) is 20.2. The van der Waals surface area contributed by atoms with E-state index in [1.165, 1.54) is 0 Å². The van der Waals surface area contributed by atoms with Crippen LogP contribution in [0.1, 0.15) is 32.3 Å². The van der Waals surface area contributed by atoms with Gasteiger partial charge in [0, 0.05) is 25.3 Å². The molecular formula is C18H24F4N4O. The second-order valence-electron chi connectivity index (χ2n) is 7.06. The number of nitrogens with one attached hydrogen (secondary N) is 1. The van der Waals surface area contributed by atoms with E-state index in [1.807, 2.05) is 18.7 Å². The molecule has 0 aliphatic carbocycles. The molecule has 1 aliphatic heterocycles. The summed E-state index contributed by atoms with van der Waals surface area (Å²) in [5.41, 5.74) is 4.60. The number of carbonyl (C=O) groups excluding carboxylic acids is 1. The molecule has 1 aromatic rings. The van der Waals surface area contributed by atoms with E-state index >= 15 is 0 Å². The summed E-state index contributed by atoms with van der Waals surface area (Å²) in [6.07, 6.45) is -3.43. The van der Waals surface area contributed by atoms with Crippen molar-refractivity contribution < 1.29 is 22.4 Å². The van der Waals surface area contributed by atoms with Gasteiger partial charge in [0.15, 0.2) is 5.96 Å². The Morgan fingerprint density at radius 2 is 2.11 bits per heavy atom. The minimum absolute atomic E-state index is 0.0101. The first-order valence-electron chi connectivity index (χ1n) is 8.80. The maximum Gasteiger partial charge on any atom is 0.419 e. The first-order valence-corrected chi connectivity index (χ1v) is 8.80. The van der Waals surface area contributed by atoms with Gasteiger partial charge >= 0.3 is 6.18 Å². The smallest absolute Gasteiger partial charge is 0.370 e. The number of amides is 1. The van der Waals surface area contributed by atoms with Crippen LogP contribution in [0.4, 0.5) is 23.2 Å². The highest BCUT2D eigenvalue weighted by molar-refractivity contribution is 5.93. The van der Waals surface area contributed by atoms with Gasteiger partial charge in [-0.2, -0.15) is 13.2 Å². The van der Waals surface area contributed by atoms with Gasteiger partial charge in [-0.05, 0) is 37.0 Å².